The third kappa shape index (κ3) is 3.64. The van der Waals surface area contributed by atoms with Crippen molar-refractivity contribution in [3.8, 4) is 17.0 Å². The number of ether oxygens (including phenoxy) is 1. The van der Waals surface area contributed by atoms with E-state index in [0.717, 1.165) is 22.6 Å². The average molecular weight is 325 g/mol. The molecule has 2 heterocycles. The van der Waals surface area contributed by atoms with Gasteiger partial charge in [0.25, 0.3) is 5.91 Å². The zero-order valence-corrected chi connectivity index (χ0v) is 12.9. The second-order valence-electron chi connectivity index (χ2n) is 4.82. The fourth-order valence-corrected chi connectivity index (χ4v) is 2.07. The highest BCUT2D eigenvalue weighted by molar-refractivity contribution is 5.89. The molecule has 2 aromatic heterocycles. The summed E-state index contributed by atoms with van der Waals surface area (Å²) in [6.45, 7) is 0.0471. The van der Waals surface area contributed by atoms with Gasteiger partial charge in [0.15, 0.2) is 0 Å². The molecule has 1 amide bonds. The van der Waals surface area contributed by atoms with Crippen molar-refractivity contribution in [2.45, 2.75) is 6.54 Å². The van der Waals surface area contributed by atoms with E-state index in [-0.39, 0.29) is 12.5 Å². The molecule has 24 heavy (non-hydrogen) atoms. The van der Waals surface area contributed by atoms with Crippen molar-refractivity contribution in [3.05, 3.63) is 48.7 Å². The van der Waals surface area contributed by atoms with Crippen molar-refractivity contribution in [3.63, 3.8) is 0 Å². The number of hydrogen-bond donors (Lipinski definition) is 2. The summed E-state index contributed by atoms with van der Waals surface area (Å²) in [5, 5.41) is 14.7. The summed E-state index contributed by atoms with van der Waals surface area (Å²) in [6.07, 6.45) is 5.97. The van der Waals surface area contributed by atoms with Gasteiger partial charge >= 0.3 is 0 Å². The molecule has 0 saturated heterocycles. The van der Waals surface area contributed by atoms with E-state index in [1.54, 1.807) is 13.3 Å². The van der Waals surface area contributed by atoms with Gasteiger partial charge in [-0.1, -0.05) is 12.1 Å². The molecule has 0 unspecified atom stereocenters. The van der Waals surface area contributed by atoms with E-state index in [1.807, 2.05) is 24.3 Å². The van der Waals surface area contributed by atoms with Crippen molar-refractivity contribution in [2.24, 2.45) is 5.10 Å². The Kier molecular flexibility index (Phi) is 4.61. The number of rotatable bonds is 6. The highest BCUT2D eigenvalue weighted by Gasteiger charge is 2.07. The molecule has 0 bridgehead atoms. The topological polar surface area (TPSA) is 110 Å². The van der Waals surface area contributed by atoms with Crippen LogP contribution in [0.15, 0.2) is 48.2 Å². The number of carbonyl (C=O) groups is 1. The van der Waals surface area contributed by atoms with Gasteiger partial charge in [-0.05, 0) is 12.1 Å². The third-order valence-electron chi connectivity index (χ3n) is 3.19. The number of nitrogens with one attached hydrogen (secondary N) is 2. The second-order valence-corrected chi connectivity index (χ2v) is 4.82. The maximum atomic E-state index is 11.7. The lowest BCUT2D eigenvalue weighted by Crippen LogP contribution is -2.23. The first-order valence-electron chi connectivity index (χ1n) is 7.08. The van der Waals surface area contributed by atoms with Crippen LogP contribution in [-0.2, 0) is 11.3 Å². The van der Waals surface area contributed by atoms with Gasteiger partial charge in [0.1, 0.15) is 24.9 Å². The molecule has 9 nitrogen and oxygen atoms in total. The van der Waals surface area contributed by atoms with E-state index in [0.29, 0.717) is 0 Å². The molecule has 0 spiro atoms. The minimum absolute atomic E-state index is 0.0471. The second kappa shape index (κ2) is 7.18. The van der Waals surface area contributed by atoms with Crippen LogP contribution in [0.1, 0.15) is 5.56 Å². The molecule has 3 aromatic rings. The van der Waals surface area contributed by atoms with Crippen LogP contribution in [0.3, 0.4) is 0 Å². The number of methoxy groups -OCH3 is 1. The molecule has 122 valence electrons. The predicted octanol–water partition coefficient (Wildman–Crippen LogP) is 0.827. The van der Waals surface area contributed by atoms with Crippen LogP contribution in [-0.4, -0.2) is 44.2 Å². The van der Waals surface area contributed by atoms with Gasteiger partial charge in [0.2, 0.25) is 0 Å². The lowest BCUT2D eigenvalue weighted by molar-refractivity contribution is -0.121. The molecule has 0 atom stereocenters. The fraction of sp³-hybridized carbons (Fsp3) is 0.133. The molecular weight excluding hydrogens is 310 g/mol. The SMILES string of the molecule is COc1cccc(-c2[nH]ncc2/C=N/NC(=O)Cn2cncn2)c1. The van der Waals surface area contributed by atoms with E-state index >= 15 is 0 Å². The number of amides is 1. The van der Waals surface area contributed by atoms with Crippen LogP contribution in [0.4, 0.5) is 0 Å². The van der Waals surface area contributed by atoms with Gasteiger partial charge in [-0.3, -0.25) is 9.89 Å². The third-order valence-corrected chi connectivity index (χ3v) is 3.19. The number of H-pyrrole nitrogens is 1. The lowest BCUT2D eigenvalue weighted by Gasteiger charge is -2.03. The maximum Gasteiger partial charge on any atom is 0.261 e. The van der Waals surface area contributed by atoms with Crippen LogP contribution in [0.2, 0.25) is 0 Å². The molecule has 0 radical (unpaired) electrons. The number of hydrogen-bond acceptors (Lipinski definition) is 6. The Morgan fingerprint density at radius 3 is 3.21 bits per heavy atom. The summed E-state index contributed by atoms with van der Waals surface area (Å²) in [5.41, 5.74) is 4.86. The van der Waals surface area contributed by atoms with Crippen LogP contribution < -0.4 is 10.2 Å². The molecule has 3 rings (SSSR count). The number of benzene rings is 1. The summed E-state index contributed by atoms with van der Waals surface area (Å²) in [6, 6.07) is 7.55. The van der Waals surface area contributed by atoms with Crippen molar-refractivity contribution in [1.29, 1.82) is 0 Å². The van der Waals surface area contributed by atoms with Gasteiger partial charge in [0.05, 0.1) is 25.2 Å². The quantitative estimate of drug-likeness (QED) is 0.515. The predicted molar refractivity (Wildman–Crippen MR) is 86.3 cm³/mol. The molecule has 0 fully saturated rings. The molecular formula is C15H15N7O2. The smallest absolute Gasteiger partial charge is 0.261 e. The maximum absolute atomic E-state index is 11.7. The van der Waals surface area contributed by atoms with Crippen LogP contribution in [0.5, 0.6) is 5.75 Å². The van der Waals surface area contributed by atoms with Gasteiger partial charge in [-0.15, -0.1) is 0 Å². The number of nitrogens with zero attached hydrogens (tertiary/aromatic N) is 5. The first kappa shape index (κ1) is 15.4. The standard InChI is InChI=1S/C15H15N7O2/c1-24-13-4-2-3-11(5-13)15-12(7-18-21-15)6-17-20-14(23)8-22-10-16-9-19-22/h2-7,9-10H,8H2,1H3,(H,18,21)(H,20,23)/b17-6+. The summed E-state index contributed by atoms with van der Waals surface area (Å²) in [4.78, 5) is 15.5. The van der Waals surface area contributed by atoms with E-state index < -0.39 is 0 Å². The minimum atomic E-state index is -0.303. The highest BCUT2D eigenvalue weighted by Crippen LogP contribution is 2.23. The largest absolute Gasteiger partial charge is 0.497 e. The van der Waals surface area contributed by atoms with Crippen molar-refractivity contribution in [2.75, 3.05) is 7.11 Å². The number of aromatic nitrogens is 5. The Bertz CT molecular complexity index is 839. The lowest BCUT2D eigenvalue weighted by atomic mass is 10.1. The summed E-state index contributed by atoms with van der Waals surface area (Å²) < 4.78 is 6.62. The zero-order chi connectivity index (χ0) is 16.8. The van der Waals surface area contributed by atoms with Crippen molar-refractivity contribution in [1.82, 2.24) is 30.4 Å². The highest BCUT2D eigenvalue weighted by atomic mass is 16.5. The molecule has 0 aliphatic carbocycles. The number of carbonyl (C=O) groups excluding carboxylic acids is 1. The molecule has 0 saturated carbocycles. The Labute approximate surface area is 137 Å². The van der Waals surface area contributed by atoms with E-state index in [1.165, 1.54) is 23.6 Å². The number of aromatic amines is 1. The zero-order valence-electron chi connectivity index (χ0n) is 12.9. The van der Waals surface area contributed by atoms with Gasteiger partial charge in [0, 0.05) is 11.1 Å². The average Bonchev–Trinajstić information content (AvgIpc) is 3.26. The van der Waals surface area contributed by atoms with Crippen LogP contribution in [0, 0.1) is 0 Å². The van der Waals surface area contributed by atoms with Gasteiger partial charge in [-0.2, -0.15) is 15.3 Å². The normalized spacial score (nSPS) is 10.9. The Morgan fingerprint density at radius 2 is 2.42 bits per heavy atom. The van der Waals surface area contributed by atoms with Crippen molar-refractivity contribution >= 4 is 12.1 Å². The van der Waals surface area contributed by atoms with Gasteiger partial charge in [-0.25, -0.2) is 15.1 Å². The Morgan fingerprint density at radius 1 is 1.50 bits per heavy atom. The molecule has 1 aromatic carbocycles. The molecule has 0 aliphatic heterocycles. The van der Waals surface area contributed by atoms with Gasteiger partial charge < -0.3 is 4.74 Å². The number of hydrazone groups is 1. The van der Waals surface area contributed by atoms with Crippen LogP contribution in [0.25, 0.3) is 11.3 Å². The molecule has 0 aliphatic rings. The van der Waals surface area contributed by atoms with E-state index in [9.17, 15) is 4.79 Å². The first-order chi connectivity index (χ1) is 11.8. The fourth-order valence-electron chi connectivity index (χ4n) is 2.07. The summed E-state index contributed by atoms with van der Waals surface area (Å²) >= 11 is 0. The minimum Gasteiger partial charge on any atom is -0.497 e. The van der Waals surface area contributed by atoms with Crippen molar-refractivity contribution < 1.29 is 9.53 Å². The molecule has 2 N–H and O–H groups in total. The summed E-state index contributed by atoms with van der Waals surface area (Å²) in [5.74, 6) is 0.439. The first-order valence-corrected chi connectivity index (χ1v) is 7.08. The monoisotopic (exact) mass is 325 g/mol. The molecule has 9 heteroatoms. The van der Waals surface area contributed by atoms with E-state index in [2.05, 4.69) is 30.8 Å². The van der Waals surface area contributed by atoms with Crippen LogP contribution >= 0.6 is 0 Å². The summed E-state index contributed by atoms with van der Waals surface area (Å²) in [7, 11) is 1.61. The Hall–Kier alpha value is -3.49. The van der Waals surface area contributed by atoms with E-state index in [4.69, 9.17) is 4.74 Å². The Balaban J connectivity index is 1.67.